The Balaban J connectivity index is 1.68. The minimum Gasteiger partial charge on any atom is -0.379 e. The highest BCUT2D eigenvalue weighted by Gasteiger charge is 2.24. The molecule has 2 heterocycles. The van der Waals surface area contributed by atoms with E-state index in [-0.39, 0.29) is 11.8 Å². The van der Waals surface area contributed by atoms with Crippen molar-refractivity contribution < 1.29 is 14.3 Å². The van der Waals surface area contributed by atoms with Crippen molar-refractivity contribution in [1.82, 2.24) is 19.6 Å². The van der Waals surface area contributed by atoms with Crippen molar-refractivity contribution in [1.29, 1.82) is 5.26 Å². The van der Waals surface area contributed by atoms with Gasteiger partial charge in [0.15, 0.2) is 0 Å². The first kappa shape index (κ1) is 18.6. The molecule has 134 valence electrons. The lowest BCUT2D eigenvalue weighted by atomic mass is 10.3. The molecular formula is C16H27N5O3. The normalized spacial score (nSPS) is 19.8. The molecule has 0 saturated carbocycles. The highest BCUT2D eigenvalue weighted by molar-refractivity contribution is 5.79. The highest BCUT2D eigenvalue weighted by Crippen LogP contribution is 2.05. The summed E-state index contributed by atoms with van der Waals surface area (Å²) in [5, 5.41) is 8.57. The topological polar surface area (TPSA) is 80.1 Å². The average Bonchev–Trinajstić information content (AvgIpc) is 2.61. The number of amides is 2. The first-order valence-electron chi connectivity index (χ1n) is 8.51. The summed E-state index contributed by atoms with van der Waals surface area (Å²) >= 11 is 0. The summed E-state index contributed by atoms with van der Waals surface area (Å²) in [5.74, 6) is 0.187. The Kier molecular flexibility index (Phi) is 7.43. The van der Waals surface area contributed by atoms with Gasteiger partial charge in [0.25, 0.3) is 0 Å². The molecule has 2 rings (SSSR count). The maximum Gasteiger partial charge on any atom is 0.236 e. The van der Waals surface area contributed by atoms with Crippen molar-refractivity contribution in [3.05, 3.63) is 0 Å². The van der Waals surface area contributed by atoms with Gasteiger partial charge in [-0.2, -0.15) is 5.26 Å². The number of piperazine rings is 1. The Bertz CT molecular complexity index is 465. The Morgan fingerprint density at radius 2 is 1.67 bits per heavy atom. The predicted molar refractivity (Wildman–Crippen MR) is 88.1 cm³/mol. The lowest BCUT2D eigenvalue weighted by Gasteiger charge is -2.36. The molecular weight excluding hydrogens is 310 g/mol. The number of carbonyl (C=O) groups is 2. The first-order valence-corrected chi connectivity index (χ1v) is 8.51. The molecule has 2 saturated heterocycles. The summed E-state index contributed by atoms with van der Waals surface area (Å²) in [6, 6.07) is 2.05. The molecule has 0 aromatic rings. The maximum atomic E-state index is 12.3. The molecule has 2 aliphatic rings. The van der Waals surface area contributed by atoms with E-state index in [1.54, 1.807) is 11.9 Å². The number of ether oxygens (including phenoxy) is 1. The summed E-state index contributed by atoms with van der Waals surface area (Å²) in [6.45, 7) is 7.06. The van der Waals surface area contributed by atoms with Gasteiger partial charge in [-0.25, -0.2) is 0 Å². The largest absolute Gasteiger partial charge is 0.379 e. The zero-order valence-corrected chi connectivity index (χ0v) is 14.4. The van der Waals surface area contributed by atoms with Crippen molar-refractivity contribution >= 4 is 11.8 Å². The number of likely N-dealkylation sites (N-methyl/N-ethyl adjacent to an activating group) is 1. The van der Waals surface area contributed by atoms with Gasteiger partial charge in [-0.15, -0.1) is 0 Å². The van der Waals surface area contributed by atoms with E-state index in [2.05, 4.69) is 9.80 Å². The fraction of sp³-hybridized carbons (Fsp3) is 0.812. The van der Waals surface area contributed by atoms with Crippen LogP contribution in [0.25, 0.3) is 0 Å². The van der Waals surface area contributed by atoms with Crippen LogP contribution >= 0.6 is 0 Å². The molecule has 2 aliphatic heterocycles. The van der Waals surface area contributed by atoms with E-state index in [0.717, 1.165) is 13.1 Å². The van der Waals surface area contributed by atoms with Crippen LogP contribution in [0.5, 0.6) is 0 Å². The van der Waals surface area contributed by atoms with Gasteiger partial charge in [-0.3, -0.25) is 19.4 Å². The number of morpholine rings is 1. The Labute approximate surface area is 143 Å². The second-order valence-electron chi connectivity index (χ2n) is 6.27. The van der Waals surface area contributed by atoms with Crippen molar-refractivity contribution in [2.24, 2.45) is 0 Å². The molecule has 0 spiro atoms. The molecule has 0 bridgehead atoms. The van der Waals surface area contributed by atoms with E-state index in [1.807, 2.05) is 11.0 Å². The van der Waals surface area contributed by atoms with Crippen molar-refractivity contribution in [3.8, 4) is 6.07 Å². The SMILES string of the molecule is CN(CCC#N)C(=O)CN1CCN(C(=O)CN2CCOCC2)CC1. The van der Waals surface area contributed by atoms with Crippen molar-refractivity contribution in [2.45, 2.75) is 6.42 Å². The molecule has 2 fully saturated rings. The Morgan fingerprint density at radius 3 is 2.29 bits per heavy atom. The second kappa shape index (κ2) is 9.57. The highest BCUT2D eigenvalue weighted by atomic mass is 16.5. The van der Waals surface area contributed by atoms with E-state index < -0.39 is 0 Å². The van der Waals surface area contributed by atoms with Gasteiger partial charge < -0.3 is 14.5 Å². The van der Waals surface area contributed by atoms with Gasteiger partial charge in [-0.1, -0.05) is 0 Å². The van der Waals surface area contributed by atoms with E-state index in [9.17, 15) is 9.59 Å². The lowest BCUT2D eigenvalue weighted by Crippen LogP contribution is -2.53. The number of hydrogen-bond donors (Lipinski definition) is 0. The van der Waals surface area contributed by atoms with Crippen LogP contribution in [0, 0.1) is 11.3 Å². The van der Waals surface area contributed by atoms with Crippen LogP contribution in [-0.2, 0) is 14.3 Å². The molecule has 0 aromatic carbocycles. The summed E-state index contributed by atoms with van der Waals surface area (Å²) in [4.78, 5) is 32.1. The lowest BCUT2D eigenvalue weighted by molar-refractivity contribution is -0.136. The molecule has 0 aromatic heterocycles. The van der Waals surface area contributed by atoms with Crippen LogP contribution in [0.2, 0.25) is 0 Å². The van der Waals surface area contributed by atoms with Gasteiger partial charge in [0.1, 0.15) is 0 Å². The van der Waals surface area contributed by atoms with Crippen LogP contribution in [-0.4, -0.2) is 111 Å². The summed E-state index contributed by atoms with van der Waals surface area (Å²) < 4.78 is 5.29. The molecule has 8 heteroatoms. The number of nitrogens with zero attached hydrogens (tertiary/aromatic N) is 5. The smallest absolute Gasteiger partial charge is 0.236 e. The average molecular weight is 337 g/mol. The zero-order valence-electron chi connectivity index (χ0n) is 14.4. The van der Waals surface area contributed by atoms with Gasteiger partial charge >= 0.3 is 0 Å². The number of rotatable bonds is 6. The minimum absolute atomic E-state index is 0.0262. The predicted octanol–water partition coefficient (Wildman–Crippen LogP) is -1.17. The molecule has 0 atom stereocenters. The molecule has 0 aliphatic carbocycles. The monoisotopic (exact) mass is 337 g/mol. The summed E-state index contributed by atoms with van der Waals surface area (Å²) in [5.41, 5.74) is 0. The van der Waals surface area contributed by atoms with Gasteiger partial charge in [0.2, 0.25) is 11.8 Å². The third-order valence-corrected chi connectivity index (χ3v) is 4.53. The van der Waals surface area contributed by atoms with Crippen LogP contribution in [0.3, 0.4) is 0 Å². The van der Waals surface area contributed by atoms with Crippen molar-refractivity contribution in [2.75, 3.05) is 79.2 Å². The summed E-state index contributed by atoms with van der Waals surface area (Å²) in [6.07, 6.45) is 0.353. The van der Waals surface area contributed by atoms with E-state index >= 15 is 0 Å². The van der Waals surface area contributed by atoms with Crippen LogP contribution in [0.15, 0.2) is 0 Å². The Morgan fingerprint density at radius 1 is 1.04 bits per heavy atom. The van der Waals surface area contributed by atoms with E-state index in [1.165, 1.54) is 0 Å². The number of nitriles is 1. The fourth-order valence-electron chi connectivity index (χ4n) is 2.86. The third kappa shape index (κ3) is 5.74. The van der Waals surface area contributed by atoms with Crippen molar-refractivity contribution in [3.63, 3.8) is 0 Å². The third-order valence-electron chi connectivity index (χ3n) is 4.53. The molecule has 0 radical (unpaired) electrons. The summed E-state index contributed by atoms with van der Waals surface area (Å²) in [7, 11) is 1.72. The van der Waals surface area contributed by atoms with Gasteiger partial charge in [0.05, 0.1) is 38.8 Å². The maximum absolute atomic E-state index is 12.3. The first-order chi connectivity index (χ1) is 11.6. The standard InChI is InChI=1S/C16H27N5O3/c1-18(4-2-3-17)15(22)13-19-5-7-21(8-6-19)16(23)14-20-9-11-24-12-10-20/h2,4-14H2,1H3. The number of carbonyl (C=O) groups excluding carboxylic acids is 2. The van der Waals surface area contributed by atoms with E-state index in [4.69, 9.17) is 10.00 Å². The van der Waals surface area contributed by atoms with Gasteiger partial charge in [-0.05, 0) is 0 Å². The van der Waals surface area contributed by atoms with Crippen LogP contribution in [0.4, 0.5) is 0 Å². The van der Waals surface area contributed by atoms with Crippen LogP contribution in [0.1, 0.15) is 6.42 Å². The fourth-order valence-corrected chi connectivity index (χ4v) is 2.86. The quantitative estimate of drug-likeness (QED) is 0.608. The molecule has 8 nitrogen and oxygen atoms in total. The molecule has 2 amide bonds. The second-order valence-corrected chi connectivity index (χ2v) is 6.27. The zero-order chi connectivity index (χ0) is 17.4. The van der Waals surface area contributed by atoms with E-state index in [0.29, 0.717) is 65.4 Å². The molecule has 24 heavy (non-hydrogen) atoms. The molecule has 0 N–H and O–H groups in total. The van der Waals surface area contributed by atoms with Crippen LogP contribution < -0.4 is 0 Å². The minimum atomic E-state index is 0.0262. The Hall–Kier alpha value is -1.69. The molecule has 0 unspecified atom stereocenters. The van der Waals surface area contributed by atoms with Gasteiger partial charge in [0, 0.05) is 52.9 Å². The number of hydrogen-bond acceptors (Lipinski definition) is 6.